The Morgan fingerprint density at radius 1 is 1.07 bits per heavy atom. The molecule has 0 atom stereocenters. The van der Waals surface area contributed by atoms with Gasteiger partial charge in [0.15, 0.2) is 0 Å². The average Bonchev–Trinajstić information content (AvgIpc) is 2.86. The molecule has 0 spiro atoms. The number of carbonyl (C=O) groups excluding carboxylic acids is 2. The summed E-state index contributed by atoms with van der Waals surface area (Å²) in [7, 11) is -3.88. The lowest BCUT2D eigenvalue weighted by atomic mass is 10.1. The number of sulfonamides is 1. The Morgan fingerprint density at radius 3 is 2.50 bits per heavy atom. The normalized spacial score (nSPS) is 14.2. The molecule has 28 heavy (non-hydrogen) atoms. The van der Waals surface area contributed by atoms with E-state index < -0.39 is 34.2 Å². The average molecular weight is 399 g/mol. The fourth-order valence-electron chi connectivity index (χ4n) is 3.25. The molecule has 1 aliphatic heterocycles. The highest BCUT2D eigenvalue weighted by Gasteiger charge is 2.36. The van der Waals surface area contributed by atoms with Crippen LogP contribution in [0.15, 0.2) is 59.5 Å². The van der Waals surface area contributed by atoms with E-state index in [1.807, 2.05) is 0 Å². The van der Waals surface area contributed by atoms with Crippen molar-refractivity contribution in [3.8, 4) is 0 Å². The molecule has 1 heterocycles. The summed E-state index contributed by atoms with van der Waals surface area (Å²) in [6.07, 6.45) is 0. The summed E-state index contributed by atoms with van der Waals surface area (Å²) in [5.41, 5.74) is 5.27. The number of carbonyl (C=O) groups is 2. The van der Waals surface area contributed by atoms with Gasteiger partial charge < -0.3 is 11.1 Å². The number of nitrogens with zero attached hydrogens (tertiary/aromatic N) is 1. The molecule has 4 rings (SSSR count). The fourth-order valence-corrected chi connectivity index (χ4v) is 4.92. The summed E-state index contributed by atoms with van der Waals surface area (Å²) >= 11 is 0. The monoisotopic (exact) mass is 399 g/mol. The zero-order chi connectivity index (χ0) is 20.1. The summed E-state index contributed by atoms with van der Waals surface area (Å²) in [5, 5.41) is 3.79. The molecule has 142 valence electrons. The molecule has 0 radical (unpaired) electrons. The number of nitrogens with two attached hydrogens (primary N) is 1. The van der Waals surface area contributed by atoms with Gasteiger partial charge in [-0.25, -0.2) is 12.8 Å². The van der Waals surface area contributed by atoms with Gasteiger partial charge in [-0.2, -0.15) is 0 Å². The van der Waals surface area contributed by atoms with Crippen LogP contribution in [0.4, 0.5) is 15.8 Å². The predicted molar refractivity (Wildman–Crippen MR) is 102 cm³/mol. The second-order valence-corrected chi connectivity index (χ2v) is 8.08. The predicted octanol–water partition coefficient (Wildman–Crippen LogP) is 2.23. The molecular formula is C19H14FN3O4S. The highest BCUT2D eigenvalue weighted by atomic mass is 32.2. The van der Waals surface area contributed by atoms with Crippen LogP contribution < -0.4 is 15.4 Å². The minimum Gasteiger partial charge on any atom is -0.366 e. The van der Waals surface area contributed by atoms with Crippen molar-refractivity contribution in [3.05, 3.63) is 66.0 Å². The van der Waals surface area contributed by atoms with Gasteiger partial charge in [0.2, 0.25) is 5.91 Å². The first-order valence-electron chi connectivity index (χ1n) is 8.23. The highest BCUT2D eigenvalue weighted by molar-refractivity contribution is 7.93. The minimum atomic E-state index is -3.88. The Hall–Kier alpha value is -3.46. The third-order valence-electron chi connectivity index (χ3n) is 4.48. The van der Waals surface area contributed by atoms with Crippen LogP contribution >= 0.6 is 0 Å². The zero-order valence-corrected chi connectivity index (χ0v) is 15.2. The van der Waals surface area contributed by atoms with Crippen LogP contribution in [0.3, 0.4) is 0 Å². The SMILES string of the molecule is NC(=O)c1cc(NC(=O)CN2c3cccc4cccc(c34)S2(=O)=O)ccc1F. The molecule has 0 aliphatic carbocycles. The van der Waals surface area contributed by atoms with Crippen molar-refractivity contribution in [2.24, 2.45) is 5.73 Å². The van der Waals surface area contributed by atoms with Crippen molar-refractivity contribution in [2.75, 3.05) is 16.2 Å². The van der Waals surface area contributed by atoms with Crippen molar-refractivity contribution in [3.63, 3.8) is 0 Å². The number of hydrogen-bond acceptors (Lipinski definition) is 4. The molecule has 0 saturated heterocycles. The first-order valence-corrected chi connectivity index (χ1v) is 9.67. The Kier molecular flexibility index (Phi) is 4.04. The van der Waals surface area contributed by atoms with E-state index >= 15 is 0 Å². The Morgan fingerprint density at radius 2 is 1.79 bits per heavy atom. The van der Waals surface area contributed by atoms with Crippen molar-refractivity contribution in [1.82, 2.24) is 0 Å². The molecule has 0 bridgehead atoms. The van der Waals surface area contributed by atoms with E-state index in [-0.39, 0.29) is 16.1 Å². The smallest absolute Gasteiger partial charge is 0.265 e. The van der Waals surface area contributed by atoms with E-state index in [1.54, 1.807) is 30.3 Å². The quantitative estimate of drug-likeness (QED) is 0.701. The van der Waals surface area contributed by atoms with E-state index in [2.05, 4.69) is 5.32 Å². The third kappa shape index (κ3) is 2.76. The Bertz CT molecular complexity index is 1250. The lowest BCUT2D eigenvalue weighted by Gasteiger charge is -2.18. The first-order chi connectivity index (χ1) is 13.3. The van der Waals surface area contributed by atoms with Gasteiger partial charge in [0.1, 0.15) is 12.4 Å². The van der Waals surface area contributed by atoms with Crippen molar-refractivity contribution in [2.45, 2.75) is 4.90 Å². The zero-order valence-electron chi connectivity index (χ0n) is 14.3. The summed E-state index contributed by atoms with van der Waals surface area (Å²) in [6.45, 7) is -0.473. The van der Waals surface area contributed by atoms with Gasteiger partial charge in [-0.05, 0) is 35.7 Å². The van der Waals surface area contributed by atoms with Crippen LogP contribution in [0.2, 0.25) is 0 Å². The van der Waals surface area contributed by atoms with E-state index in [0.717, 1.165) is 21.8 Å². The largest absolute Gasteiger partial charge is 0.366 e. The van der Waals surface area contributed by atoms with Gasteiger partial charge >= 0.3 is 0 Å². The van der Waals surface area contributed by atoms with Crippen molar-refractivity contribution >= 4 is 44.0 Å². The van der Waals surface area contributed by atoms with Crippen LogP contribution in [0.25, 0.3) is 10.8 Å². The van der Waals surface area contributed by atoms with Crippen molar-refractivity contribution in [1.29, 1.82) is 0 Å². The lowest BCUT2D eigenvalue weighted by Crippen LogP contribution is -2.35. The number of halogens is 1. The molecule has 3 aromatic carbocycles. The number of nitrogens with one attached hydrogen (secondary N) is 1. The van der Waals surface area contributed by atoms with E-state index in [1.165, 1.54) is 12.1 Å². The number of primary amides is 1. The van der Waals surface area contributed by atoms with Crippen molar-refractivity contribution < 1.29 is 22.4 Å². The standard InChI is InChI=1S/C19H14FN3O4S/c20-14-8-7-12(9-13(14)19(21)25)22-17(24)10-23-15-5-1-3-11-4-2-6-16(18(11)15)28(23,26)27/h1-9H,10H2,(H2,21,25)(H,22,24). The molecule has 2 amide bonds. The summed E-state index contributed by atoms with van der Waals surface area (Å²) in [6, 6.07) is 13.4. The maximum atomic E-state index is 13.6. The molecule has 1 aliphatic rings. The molecule has 0 fully saturated rings. The number of anilines is 2. The van der Waals surface area contributed by atoms with Gasteiger partial charge in [-0.3, -0.25) is 13.9 Å². The maximum absolute atomic E-state index is 13.6. The van der Waals surface area contributed by atoms with Gasteiger partial charge in [0, 0.05) is 11.1 Å². The molecule has 9 heteroatoms. The van der Waals surface area contributed by atoms with Crippen LogP contribution in [-0.2, 0) is 14.8 Å². The van der Waals surface area contributed by atoms with Gasteiger partial charge in [0.05, 0.1) is 16.1 Å². The fraction of sp³-hybridized carbons (Fsp3) is 0.0526. The van der Waals surface area contributed by atoms with Gasteiger partial charge in [-0.15, -0.1) is 0 Å². The molecule has 7 nitrogen and oxygen atoms in total. The number of benzene rings is 3. The number of rotatable bonds is 4. The summed E-state index contributed by atoms with van der Waals surface area (Å²) < 4.78 is 40.3. The molecule has 3 aromatic rings. The second kappa shape index (κ2) is 6.31. The van der Waals surface area contributed by atoms with E-state index in [0.29, 0.717) is 11.1 Å². The Balaban J connectivity index is 1.64. The van der Waals surface area contributed by atoms with Crippen LogP contribution in [0.5, 0.6) is 0 Å². The maximum Gasteiger partial charge on any atom is 0.265 e. The minimum absolute atomic E-state index is 0.132. The lowest BCUT2D eigenvalue weighted by molar-refractivity contribution is -0.114. The van der Waals surface area contributed by atoms with Crippen LogP contribution in [0.1, 0.15) is 10.4 Å². The third-order valence-corrected chi connectivity index (χ3v) is 6.29. The van der Waals surface area contributed by atoms with E-state index in [4.69, 9.17) is 5.73 Å². The highest BCUT2D eigenvalue weighted by Crippen LogP contribution is 2.41. The topological polar surface area (TPSA) is 110 Å². The van der Waals surface area contributed by atoms with Gasteiger partial charge in [0.25, 0.3) is 15.9 Å². The molecule has 0 unspecified atom stereocenters. The first kappa shape index (κ1) is 17.9. The molecule has 3 N–H and O–H groups in total. The van der Waals surface area contributed by atoms with Crippen LogP contribution in [0, 0.1) is 5.82 Å². The number of hydrogen-bond donors (Lipinski definition) is 2. The molecule has 0 saturated carbocycles. The van der Waals surface area contributed by atoms with E-state index in [9.17, 15) is 22.4 Å². The van der Waals surface area contributed by atoms with Gasteiger partial charge in [-0.1, -0.05) is 24.3 Å². The summed E-state index contributed by atoms with van der Waals surface area (Å²) in [4.78, 5) is 23.8. The van der Waals surface area contributed by atoms with Crippen LogP contribution in [-0.4, -0.2) is 26.8 Å². The second-order valence-electron chi connectivity index (χ2n) is 6.25. The molecular weight excluding hydrogens is 385 g/mol. The molecule has 0 aromatic heterocycles. The summed E-state index contributed by atoms with van der Waals surface area (Å²) in [5.74, 6) is -2.43. The Labute approximate surface area is 159 Å². The number of amides is 2.